The molecule has 86 valence electrons. The van der Waals surface area contributed by atoms with Crippen LogP contribution in [0.25, 0.3) is 0 Å². The van der Waals surface area contributed by atoms with Crippen LogP contribution in [0.3, 0.4) is 0 Å². The minimum Gasteiger partial charge on any atom is -0.328 e. The van der Waals surface area contributed by atoms with Crippen molar-refractivity contribution in [1.29, 1.82) is 0 Å². The topological polar surface area (TPSA) is 43.8 Å². The first-order valence-corrected chi connectivity index (χ1v) is 5.95. The van der Waals surface area contributed by atoms with E-state index in [4.69, 9.17) is 5.73 Å². The van der Waals surface area contributed by atoms with Crippen molar-refractivity contribution < 1.29 is 0 Å². The van der Waals surface area contributed by atoms with Gasteiger partial charge in [0.1, 0.15) is 0 Å². The second-order valence-corrected chi connectivity index (χ2v) is 4.32. The Morgan fingerprint density at radius 3 is 2.80 bits per heavy atom. The fraction of sp³-hybridized carbons (Fsp3) is 0.750. The molecular weight excluding hydrogens is 186 g/mol. The lowest BCUT2D eigenvalue weighted by Crippen LogP contribution is -2.20. The molecule has 1 rings (SSSR count). The predicted molar refractivity (Wildman–Crippen MR) is 63.6 cm³/mol. The first-order chi connectivity index (χ1) is 7.22. The van der Waals surface area contributed by atoms with Crippen LogP contribution >= 0.6 is 0 Å². The molecule has 3 nitrogen and oxygen atoms in total. The molecule has 0 saturated heterocycles. The van der Waals surface area contributed by atoms with Crippen LogP contribution in [0.5, 0.6) is 0 Å². The molecule has 0 aliphatic carbocycles. The maximum atomic E-state index is 6.04. The summed E-state index contributed by atoms with van der Waals surface area (Å²) in [7, 11) is 1.95. The monoisotopic (exact) mass is 209 g/mol. The van der Waals surface area contributed by atoms with Crippen molar-refractivity contribution in [2.45, 2.75) is 51.5 Å². The quantitative estimate of drug-likeness (QED) is 0.700. The zero-order valence-electron chi connectivity index (χ0n) is 9.95. The maximum absolute atomic E-state index is 6.04. The summed E-state index contributed by atoms with van der Waals surface area (Å²) in [5.41, 5.74) is 7.34. The second kappa shape index (κ2) is 6.62. The Morgan fingerprint density at radius 2 is 2.20 bits per heavy atom. The highest BCUT2D eigenvalue weighted by atomic mass is 15.2. The van der Waals surface area contributed by atoms with Crippen molar-refractivity contribution >= 4 is 0 Å². The number of hydrogen-bond donors (Lipinski definition) is 1. The molecule has 0 aliphatic heterocycles. The van der Waals surface area contributed by atoms with E-state index < -0.39 is 0 Å². The lowest BCUT2D eigenvalue weighted by Gasteiger charge is -2.09. The van der Waals surface area contributed by atoms with E-state index in [-0.39, 0.29) is 0 Å². The molecule has 0 spiro atoms. The van der Waals surface area contributed by atoms with E-state index in [1.54, 1.807) is 0 Å². The van der Waals surface area contributed by atoms with Gasteiger partial charge in [-0.1, -0.05) is 26.2 Å². The molecule has 1 aromatic rings. The van der Waals surface area contributed by atoms with Gasteiger partial charge < -0.3 is 5.73 Å². The van der Waals surface area contributed by atoms with E-state index in [1.165, 1.54) is 24.8 Å². The van der Waals surface area contributed by atoms with E-state index in [2.05, 4.69) is 18.2 Å². The lowest BCUT2D eigenvalue weighted by molar-refractivity contribution is 0.529. The summed E-state index contributed by atoms with van der Waals surface area (Å²) in [4.78, 5) is 0. The fourth-order valence-corrected chi connectivity index (χ4v) is 1.75. The van der Waals surface area contributed by atoms with Gasteiger partial charge in [0.15, 0.2) is 0 Å². The molecule has 0 radical (unpaired) electrons. The van der Waals surface area contributed by atoms with E-state index >= 15 is 0 Å². The van der Waals surface area contributed by atoms with Crippen LogP contribution in [-0.4, -0.2) is 15.8 Å². The molecule has 0 fully saturated rings. The number of rotatable bonds is 7. The molecule has 2 N–H and O–H groups in total. The standard InChI is InChI=1S/C12H23N3/c1-3-4-5-6-12(13)8-7-11-9-14-15(2)10-11/h9-10,12H,3-8,13H2,1-2H3. The summed E-state index contributed by atoms with van der Waals surface area (Å²) in [6.45, 7) is 2.22. The maximum Gasteiger partial charge on any atom is 0.0521 e. The number of aryl methyl sites for hydroxylation is 2. The van der Waals surface area contributed by atoms with Gasteiger partial charge in [-0.15, -0.1) is 0 Å². The number of nitrogens with zero attached hydrogens (tertiary/aromatic N) is 2. The van der Waals surface area contributed by atoms with Crippen LogP contribution < -0.4 is 5.73 Å². The molecule has 1 atom stereocenters. The smallest absolute Gasteiger partial charge is 0.0521 e. The van der Waals surface area contributed by atoms with E-state index in [1.807, 2.05) is 17.9 Å². The van der Waals surface area contributed by atoms with E-state index in [0.717, 1.165) is 19.3 Å². The Bertz CT molecular complexity index is 268. The Hall–Kier alpha value is -0.830. The van der Waals surface area contributed by atoms with Gasteiger partial charge in [-0.3, -0.25) is 4.68 Å². The average molecular weight is 209 g/mol. The molecule has 0 bridgehead atoms. The number of aromatic nitrogens is 2. The van der Waals surface area contributed by atoms with Crippen molar-refractivity contribution in [3.05, 3.63) is 18.0 Å². The van der Waals surface area contributed by atoms with Gasteiger partial charge in [0, 0.05) is 19.3 Å². The van der Waals surface area contributed by atoms with Crippen LogP contribution in [-0.2, 0) is 13.5 Å². The highest BCUT2D eigenvalue weighted by Crippen LogP contribution is 2.08. The van der Waals surface area contributed by atoms with Crippen molar-refractivity contribution in [2.75, 3.05) is 0 Å². The van der Waals surface area contributed by atoms with Gasteiger partial charge in [-0.25, -0.2) is 0 Å². The number of nitrogens with two attached hydrogens (primary N) is 1. The summed E-state index contributed by atoms with van der Waals surface area (Å²) in [5.74, 6) is 0. The van der Waals surface area contributed by atoms with E-state index in [9.17, 15) is 0 Å². The Morgan fingerprint density at radius 1 is 1.40 bits per heavy atom. The lowest BCUT2D eigenvalue weighted by atomic mass is 10.0. The molecular formula is C12H23N3. The molecule has 3 heteroatoms. The third-order valence-corrected chi connectivity index (χ3v) is 2.74. The van der Waals surface area contributed by atoms with Crippen molar-refractivity contribution in [2.24, 2.45) is 12.8 Å². The van der Waals surface area contributed by atoms with Crippen LogP contribution in [0.15, 0.2) is 12.4 Å². The van der Waals surface area contributed by atoms with Crippen molar-refractivity contribution in [3.8, 4) is 0 Å². The molecule has 15 heavy (non-hydrogen) atoms. The highest BCUT2D eigenvalue weighted by molar-refractivity contribution is 5.03. The molecule has 0 aliphatic rings. The molecule has 0 amide bonds. The molecule has 1 unspecified atom stereocenters. The highest BCUT2D eigenvalue weighted by Gasteiger charge is 2.03. The summed E-state index contributed by atoms with van der Waals surface area (Å²) in [6, 6.07) is 0.358. The SMILES string of the molecule is CCCCCC(N)CCc1cnn(C)c1. The summed E-state index contributed by atoms with van der Waals surface area (Å²) in [5, 5.41) is 4.15. The number of hydrogen-bond acceptors (Lipinski definition) is 2. The molecule has 1 aromatic heterocycles. The minimum absolute atomic E-state index is 0.358. The molecule has 0 aromatic carbocycles. The Balaban J connectivity index is 2.13. The van der Waals surface area contributed by atoms with Gasteiger partial charge in [-0.05, 0) is 24.8 Å². The zero-order valence-corrected chi connectivity index (χ0v) is 9.95. The predicted octanol–water partition coefficient (Wildman–Crippen LogP) is 2.26. The fourth-order valence-electron chi connectivity index (χ4n) is 1.75. The first-order valence-electron chi connectivity index (χ1n) is 5.95. The first kappa shape index (κ1) is 12.2. The summed E-state index contributed by atoms with van der Waals surface area (Å²) < 4.78 is 1.85. The largest absolute Gasteiger partial charge is 0.328 e. The zero-order chi connectivity index (χ0) is 11.1. The summed E-state index contributed by atoms with van der Waals surface area (Å²) in [6.07, 6.45) is 11.1. The Labute approximate surface area is 92.7 Å². The second-order valence-electron chi connectivity index (χ2n) is 4.32. The van der Waals surface area contributed by atoms with Gasteiger partial charge in [0.05, 0.1) is 6.20 Å². The summed E-state index contributed by atoms with van der Waals surface area (Å²) >= 11 is 0. The number of unbranched alkanes of at least 4 members (excludes halogenated alkanes) is 2. The molecule has 0 saturated carbocycles. The third kappa shape index (κ3) is 4.98. The van der Waals surface area contributed by atoms with Gasteiger partial charge in [0.2, 0.25) is 0 Å². The van der Waals surface area contributed by atoms with Crippen molar-refractivity contribution in [3.63, 3.8) is 0 Å². The van der Waals surface area contributed by atoms with Gasteiger partial charge in [-0.2, -0.15) is 5.10 Å². The Kier molecular flexibility index (Phi) is 5.40. The van der Waals surface area contributed by atoms with Crippen LogP contribution in [0.1, 0.15) is 44.6 Å². The van der Waals surface area contributed by atoms with Gasteiger partial charge in [0.25, 0.3) is 0 Å². The van der Waals surface area contributed by atoms with E-state index in [0.29, 0.717) is 6.04 Å². The third-order valence-electron chi connectivity index (χ3n) is 2.74. The average Bonchev–Trinajstić information content (AvgIpc) is 2.62. The molecule has 1 heterocycles. The van der Waals surface area contributed by atoms with Crippen LogP contribution in [0.4, 0.5) is 0 Å². The van der Waals surface area contributed by atoms with Crippen LogP contribution in [0, 0.1) is 0 Å². The van der Waals surface area contributed by atoms with Gasteiger partial charge >= 0.3 is 0 Å². The van der Waals surface area contributed by atoms with Crippen LogP contribution in [0.2, 0.25) is 0 Å². The minimum atomic E-state index is 0.358. The normalized spacial score (nSPS) is 13.0. The van der Waals surface area contributed by atoms with Crippen molar-refractivity contribution in [1.82, 2.24) is 9.78 Å².